The minimum atomic E-state index is -3.26. The van der Waals surface area contributed by atoms with Gasteiger partial charge in [0.05, 0.1) is 16.3 Å². The van der Waals surface area contributed by atoms with Crippen molar-refractivity contribution >= 4 is 21.2 Å². The highest BCUT2D eigenvalue weighted by Crippen LogP contribution is 2.34. The molecule has 1 saturated heterocycles. The minimum absolute atomic E-state index is 0.229. The third-order valence-electron chi connectivity index (χ3n) is 3.77. The third kappa shape index (κ3) is 2.32. The molecule has 0 amide bonds. The van der Waals surface area contributed by atoms with Crippen LogP contribution in [0, 0.1) is 11.8 Å². The predicted molar refractivity (Wildman–Crippen MR) is 74.5 cm³/mol. The van der Waals surface area contributed by atoms with E-state index in [4.69, 9.17) is 5.73 Å². The SMILES string of the molecule is CC1CN(c2cccc(S(C)(=O)=O)c2N)CC1C. The highest BCUT2D eigenvalue weighted by molar-refractivity contribution is 7.90. The van der Waals surface area contributed by atoms with E-state index in [1.807, 2.05) is 6.07 Å². The van der Waals surface area contributed by atoms with E-state index < -0.39 is 9.84 Å². The maximum Gasteiger partial charge on any atom is 0.177 e. The van der Waals surface area contributed by atoms with Crippen molar-refractivity contribution in [2.45, 2.75) is 18.7 Å². The van der Waals surface area contributed by atoms with E-state index >= 15 is 0 Å². The fraction of sp³-hybridized carbons (Fsp3) is 0.538. The summed E-state index contributed by atoms with van der Waals surface area (Å²) in [5.41, 5.74) is 7.24. The average Bonchev–Trinajstić information content (AvgIpc) is 2.57. The van der Waals surface area contributed by atoms with Crippen LogP contribution in [0.25, 0.3) is 0 Å². The van der Waals surface area contributed by atoms with Gasteiger partial charge in [-0.1, -0.05) is 19.9 Å². The molecule has 2 rings (SSSR count). The van der Waals surface area contributed by atoms with Gasteiger partial charge in [-0.05, 0) is 24.0 Å². The number of nitrogen functional groups attached to an aromatic ring is 1. The summed E-state index contributed by atoms with van der Waals surface area (Å²) in [4.78, 5) is 2.41. The topological polar surface area (TPSA) is 63.4 Å². The number of sulfone groups is 1. The third-order valence-corrected chi connectivity index (χ3v) is 4.93. The van der Waals surface area contributed by atoms with Gasteiger partial charge in [0.25, 0.3) is 0 Å². The summed E-state index contributed by atoms with van der Waals surface area (Å²) >= 11 is 0. The first kappa shape index (κ1) is 13.2. The zero-order valence-electron chi connectivity index (χ0n) is 11.1. The fourth-order valence-electron chi connectivity index (χ4n) is 2.46. The summed E-state index contributed by atoms with van der Waals surface area (Å²) in [6, 6.07) is 5.22. The van der Waals surface area contributed by atoms with Gasteiger partial charge in [-0.2, -0.15) is 0 Å². The molecule has 0 radical (unpaired) electrons. The number of nitrogens with zero attached hydrogens (tertiary/aromatic N) is 1. The lowest BCUT2D eigenvalue weighted by atomic mass is 10.0. The van der Waals surface area contributed by atoms with Gasteiger partial charge in [0, 0.05) is 19.3 Å². The molecule has 0 bridgehead atoms. The van der Waals surface area contributed by atoms with Gasteiger partial charge in [0.2, 0.25) is 0 Å². The van der Waals surface area contributed by atoms with E-state index in [1.54, 1.807) is 12.1 Å². The highest BCUT2D eigenvalue weighted by Gasteiger charge is 2.28. The second kappa shape index (κ2) is 4.46. The van der Waals surface area contributed by atoms with Crippen LogP contribution in [0.2, 0.25) is 0 Å². The van der Waals surface area contributed by atoms with Gasteiger partial charge in [-0.3, -0.25) is 0 Å². The largest absolute Gasteiger partial charge is 0.396 e. The summed E-state index contributed by atoms with van der Waals surface area (Å²) in [6.45, 7) is 6.28. The van der Waals surface area contributed by atoms with Crippen molar-refractivity contribution in [2.24, 2.45) is 11.8 Å². The first-order chi connectivity index (χ1) is 8.30. The Morgan fingerprint density at radius 3 is 2.28 bits per heavy atom. The zero-order valence-corrected chi connectivity index (χ0v) is 11.9. The second-order valence-corrected chi connectivity index (χ2v) is 7.30. The number of nitrogens with two attached hydrogens (primary N) is 1. The Balaban J connectivity index is 2.42. The van der Waals surface area contributed by atoms with Crippen LogP contribution in [0.5, 0.6) is 0 Å². The van der Waals surface area contributed by atoms with Gasteiger partial charge < -0.3 is 10.6 Å². The smallest absolute Gasteiger partial charge is 0.177 e. The molecule has 1 aliphatic heterocycles. The molecule has 18 heavy (non-hydrogen) atoms. The molecular formula is C13H20N2O2S. The molecule has 2 atom stereocenters. The van der Waals surface area contributed by atoms with Crippen molar-refractivity contribution in [3.05, 3.63) is 18.2 Å². The molecule has 4 nitrogen and oxygen atoms in total. The van der Waals surface area contributed by atoms with Crippen molar-refractivity contribution < 1.29 is 8.42 Å². The summed E-state index contributed by atoms with van der Waals surface area (Å²) in [5, 5.41) is 0. The number of hydrogen-bond acceptors (Lipinski definition) is 4. The predicted octanol–water partition coefficient (Wildman–Crippen LogP) is 1.76. The molecule has 1 aromatic carbocycles. The lowest BCUT2D eigenvalue weighted by Gasteiger charge is -2.21. The Kier molecular flexibility index (Phi) is 3.27. The number of rotatable bonds is 2. The minimum Gasteiger partial charge on any atom is -0.396 e. The standard InChI is InChI=1S/C13H20N2O2S/c1-9-7-15(8-10(9)2)11-5-4-6-12(13(11)14)18(3,16)17/h4-6,9-10H,7-8,14H2,1-3H3. The Bertz CT molecular complexity index is 544. The average molecular weight is 268 g/mol. The van der Waals surface area contributed by atoms with E-state index in [9.17, 15) is 8.42 Å². The lowest BCUT2D eigenvalue weighted by Crippen LogP contribution is -2.21. The van der Waals surface area contributed by atoms with Crippen molar-refractivity contribution in [1.82, 2.24) is 0 Å². The Morgan fingerprint density at radius 1 is 1.22 bits per heavy atom. The quantitative estimate of drug-likeness (QED) is 0.830. The molecule has 100 valence electrons. The molecule has 1 fully saturated rings. The van der Waals surface area contributed by atoms with Crippen LogP contribution in [0.4, 0.5) is 11.4 Å². The molecule has 0 spiro atoms. The number of para-hydroxylation sites is 1. The van der Waals surface area contributed by atoms with E-state index in [0.29, 0.717) is 17.5 Å². The van der Waals surface area contributed by atoms with E-state index in [0.717, 1.165) is 18.8 Å². The molecule has 0 aromatic heterocycles. The van der Waals surface area contributed by atoms with E-state index in [1.165, 1.54) is 6.26 Å². The second-order valence-electron chi connectivity index (χ2n) is 5.32. The molecular weight excluding hydrogens is 248 g/mol. The zero-order chi connectivity index (χ0) is 13.5. The fourth-order valence-corrected chi connectivity index (χ4v) is 3.29. The Morgan fingerprint density at radius 2 is 1.78 bits per heavy atom. The van der Waals surface area contributed by atoms with Gasteiger partial charge in [-0.15, -0.1) is 0 Å². The Labute approximate surface area is 109 Å². The summed E-state index contributed by atoms with van der Waals surface area (Å²) < 4.78 is 23.3. The molecule has 2 unspecified atom stereocenters. The summed E-state index contributed by atoms with van der Waals surface area (Å²) in [6.07, 6.45) is 1.19. The normalized spacial score (nSPS) is 24.5. The molecule has 1 aromatic rings. The van der Waals surface area contributed by atoms with Crippen LogP contribution < -0.4 is 10.6 Å². The number of anilines is 2. The molecule has 0 saturated carbocycles. The summed E-state index contributed by atoms with van der Waals surface area (Å²) in [5.74, 6) is 1.21. The van der Waals surface area contributed by atoms with Crippen LogP contribution in [0.1, 0.15) is 13.8 Å². The van der Waals surface area contributed by atoms with Gasteiger partial charge in [-0.25, -0.2) is 8.42 Å². The van der Waals surface area contributed by atoms with Gasteiger partial charge >= 0.3 is 0 Å². The van der Waals surface area contributed by atoms with E-state index in [-0.39, 0.29) is 4.90 Å². The van der Waals surface area contributed by atoms with E-state index in [2.05, 4.69) is 18.7 Å². The van der Waals surface area contributed by atoms with Crippen molar-refractivity contribution in [2.75, 3.05) is 30.0 Å². The van der Waals surface area contributed by atoms with Crippen LogP contribution in [-0.4, -0.2) is 27.8 Å². The molecule has 2 N–H and O–H groups in total. The highest BCUT2D eigenvalue weighted by atomic mass is 32.2. The maximum atomic E-state index is 11.7. The molecule has 1 heterocycles. The van der Waals surface area contributed by atoms with Crippen LogP contribution in [0.15, 0.2) is 23.1 Å². The maximum absolute atomic E-state index is 11.7. The van der Waals surface area contributed by atoms with Crippen molar-refractivity contribution in [3.8, 4) is 0 Å². The van der Waals surface area contributed by atoms with Crippen LogP contribution in [0.3, 0.4) is 0 Å². The molecule has 5 heteroatoms. The first-order valence-electron chi connectivity index (χ1n) is 6.14. The van der Waals surface area contributed by atoms with Crippen molar-refractivity contribution in [3.63, 3.8) is 0 Å². The van der Waals surface area contributed by atoms with Crippen LogP contribution in [-0.2, 0) is 9.84 Å². The first-order valence-corrected chi connectivity index (χ1v) is 8.03. The Hall–Kier alpha value is -1.23. The molecule has 0 aliphatic carbocycles. The lowest BCUT2D eigenvalue weighted by molar-refractivity contribution is 0.494. The van der Waals surface area contributed by atoms with Gasteiger partial charge in [0.15, 0.2) is 9.84 Å². The molecule has 1 aliphatic rings. The van der Waals surface area contributed by atoms with Gasteiger partial charge in [0.1, 0.15) is 0 Å². The summed E-state index contributed by atoms with van der Waals surface area (Å²) in [7, 11) is -3.26. The number of hydrogen-bond donors (Lipinski definition) is 1. The monoisotopic (exact) mass is 268 g/mol. The van der Waals surface area contributed by atoms with Crippen LogP contribution >= 0.6 is 0 Å². The number of benzene rings is 1. The van der Waals surface area contributed by atoms with Crippen molar-refractivity contribution in [1.29, 1.82) is 0 Å².